The van der Waals surface area contributed by atoms with Crippen LogP contribution in [0.3, 0.4) is 0 Å². The predicted octanol–water partition coefficient (Wildman–Crippen LogP) is 5.25. The van der Waals surface area contributed by atoms with Gasteiger partial charge in [0.1, 0.15) is 11.3 Å². The van der Waals surface area contributed by atoms with Gasteiger partial charge in [0.05, 0.1) is 6.42 Å². The van der Waals surface area contributed by atoms with Gasteiger partial charge in [-0.1, -0.05) is 31.4 Å². The van der Waals surface area contributed by atoms with E-state index in [-0.39, 0.29) is 12.2 Å². The van der Waals surface area contributed by atoms with Gasteiger partial charge in [-0.2, -0.15) is 0 Å². The molecule has 0 spiro atoms. The SMILES string of the molecule is O=C(O)CCNCc1ccc2nc(-c3ccc(C4CCCCC4)c(F)c3)oc2c1. The first-order valence-corrected chi connectivity index (χ1v) is 10.2. The van der Waals surface area contributed by atoms with E-state index in [1.54, 1.807) is 0 Å². The highest BCUT2D eigenvalue weighted by molar-refractivity contribution is 5.77. The van der Waals surface area contributed by atoms with Crippen molar-refractivity contribution in [2.24, 2.45) is 0 Å². The Kier molecular flexibility index (Phi) is 5.90. The molecule has 2 aromatic carbocycles. The summed E-state index contributed by atoms with van der Waals surface area (Å²) in [6, 6.07) is 11.0. The number of carboxylic acids is 1. The number of oxazole rings is 1. The van der Waals surface area contributed by atoms with Crippen molar-refractivity contribution in [2.45, 2.75) is 51.0 Å². The van der Waals surface area contributed by atoms with Gasteiger partial charge in [0.15, 0.2) is 5.58 Å². The zero-order valence-corrected chi connectivity index (χ0v) is 16.3. The summed E-state index contributed by atoms with van der Waals surface area (Å²) >= 11 is 0. The fraction of sp³-hybridized carbons (Fsp3) is 0.391. The second-order valence-electron chi connectivity index (χ2n) is 7.71. The number of nitrogens with zero attached hydrogens (tertiary/aromatic N) is 1. The Morgan fingerprint density at radius 2 is 2.00 bits per heavy atom. The van der Waals surface area contributed by atoms with Gasteiger partial charge in [-0.3, -0.25) is 4.79 Å². The van der Waals surface area contributed by atoms with Crippen molar-refractivity contribution in [3.63, 3.8) is 0 Å². The van der Waals surface area contributed by atoms with Crippen LogP contribution in [0.1, 0.15) is 55.6 Å². The maximum absolute atomic E-state index is 14.8. The Morgan fingerprint density at radius 1 is 1.17 bits per heavy atom. The molecule has 0 amide bonds. The monoisotopic (exact) mass is 396 g/mol. The molecule has 0 saturated heterocycles. The molecule has 1 aliphatic carbocycles. The van der Waals surface area contributed by atoms with Crippen molar-refractivity contribution in [1.29, 1.82) is 0 Å². The van der Waals surface area contributed by atoms with Crippen molar-refractivity contribution in [1.82, 2.24) is 10.3 Å². The molecule has 1 aromatic heterocycles. The number of carbonyl (C=O) groups is 1. The molecule has 0 aliphatic heterocycles. The summed E-state index contributed by atoms with van der Waals surface area (Å²) in [6.07, 6.45) is 5.78. The molecule has 1 saturated carbocycles. The fourth-order valence-corrected chi connectivity index (χ4v) is 4.04. The van der Waals surface area contributed by atoms with E-state index in [4.69, 9.17) is 9.52 Å². The highest BCUT2D eigenvalue weighted by Gasteiger charge is 2.20. The Balaban J connectivity index is 1.50. The first kappa shape index (κ1) is 19.6. The van der Waals surface area contributed by atoms with Crippen molar-refractivity contribution in [2.75, 3.05) is 6.54 Å². The molecule has 6 heteroatoms. The van der Waals surface area contributed by atoms with E-state index in [1.165, 1.54) is 25.3 Å². The Labute approximate surface area is 168 Å². The minimum atomic E-state index is -0.824. The smallest absolute Gasteiger partial charge is 0.304 e. The normalized spacial score (nSPS) is 15.1. The van der Waals surface area contributed by atoms with Crippen LogP contribution in [0.15, 0.2) is 40.8 Å². The molecule has 1 fully saturated rings. The van der Waals surface area contributed by atoms with Crippen LogP contribution in [0.4, 0.5) is 4.39 Å². The summed E-state index contributed by atoms with van der Waals surface area (Å²) in [5.41, 5.74) is 3.77. The highest BCUT2D eigenvalue weighted by atomic mass is 19.1. The molecule has 0 atom stereocenters. The summed E-state index contributed by atoms with van der Waals surface area (Å²) in [6.45, 7) is 0.950. The number of halogens is 1. The number of nitrogens with one attached hydrogen (secondary N) is 1. The van der Waals surface area contributed by atoms with Crippen molar-refractivity contribution < 1.29 is 18.7 Å². The summed E-state index contributed by atoms with van der Waals surface area (Å²) in [7, 11) is 0. The number of aromatic nitrogens is 1. The lowest BCUT2D eigenvalue weighted by molar-refractivity contribution is -0.136. The summed E-state index contributed by atoms with van der Waals surface area (Å²) in [5.74, 6) is -0.280. The predicted molar refractivity (Wildman–Crippen MR) is 109 cm³/mol. The number of fused-ring (bicyclic) bond motifs is 1. The molecule has 1 aliphatic rings. The zero-order chi connectivity index (χ0) is 20.2. The van der Waals surface area contributed by atoms with Gasteiger partial charge in [0.2, 0.25) is 5.89 Å². The lowest BCUT2D eigenvalue weighted by Crippen LogP contribution is -2.17. The first-order valence-electron chi connectivity index (χ1n) is 10.2. The largest absolute Gasteiger partial charge is 0.481 e. The molecule has 29 heavy (non-hydrogen) atoms. The van der Waals surface area contributed by atoms with Gasteiger partial charge >= 0.3 is 5.97 Å². The maximum atomic E-state index is 14.8. The van der Waals surface area contributed by atoms with Crippen molar-refractivity contribution in [3.05, 3.63) is 53.3 Å². The molecule has 3 aromatic rings. The van der Waals surface area contributed by atoms with Gasteiger partial charge in [-0.15, -0.1) is 0 Å². The van der Waals surface area contributed by atoms with Gasteiger partial charge in [-0.05, 0) is 54.2 Å². The maximum Gasteiger partial charge on any atom is 0.304 e. The molecule has 4 rings (SSSR count). The van der Waals surface area contributed by atoms with E-state index < -0.39 is 5.97 Å². The van der Waals surface area contributed by atoms with Gasteiger partial charge in [0, 0.05) is 18.7 Å². The molecule has 0 bridgehead atoms. The van der Waals surface area contributed by atoms with Crippen LogP contribution in [0.25, 0.3) is 22.6 Å². The van der Waals surface area contributed by atoms with E-state index in [0.717, 1.165) is 24.0 Å². The van der Waals surface area contributed by atoms with Crippen molar-refractivity contribution >= 4 is 17.1 Å². The number of hydrogen-bond donors (Lipinski definition) is 2. The fourth-order valence-electron chi connectivity index (χ4n) is 4.04. The van der Waals surface area contributed by atoms with E-state index >= 15 is 0 Å². The average molecular weight is 396 g/mol. The van der Waals surface area contributed by atoms with E-state index in [2.05, 4.69) is 10.3 Å². The third-order valence-electron chi connectivity index (χ3n) is 5.59. The van der Waals surface area contributed by atoms with Crippen LogP contribution in [0.5, 0.6) is 0 Å². The average Bonchev–Trinajstić information content (AvgIpc) is 3.15. The number of aliphatic carboxylic acids is 1. The Bertz CT molecular complexity index is 1010. The summed E-state index contributed by atoms with van der Waals surface area (Å²) in [4.78, 5) is 15.1. The third-order valence-corrected chi connectivity index (χ3v) is 5.59. The number of benzene rings is 2. The molecule has 5 nitrogen and oxygen atoms in total. The quantitative estimate of drug-likeness (QED) is 0.534. The van der Waals surface area contributed by atoms with Crippen LogP contribution >= 0.6 is 0 Å². The van der Waals surface area contributed by atoms with E-state index in [0.29, 0.717) is 41.6 Å². The second-order valence-corrected chi connectivity index (χ2v) is 7.71. The first-order chi connectivity index (χ1) is 14.1. The molecule has 1 heterocycles. The number of carboxylic acid groups (broad SMARTS) is 1. The highest BCUT2D eigenvalue weighted by Crippen LogP contribution is 2.35. The standard InChI is InChI=1S/C23H25FN2O3/c24-19-13-17(7-8-18(19)16-4-2-1-3-5-16)23-26-20-9-6-15(12-21(20)29-23)14-25-11-10-22(27)28/h6-9,12-13,16,25H,1-5,10-11,14H2,(H,27,28). The topological polar surface area (TPSA) is 75.4 Å². The summed E-state index contributed by atoms with van der Waals surface area (Å²) in [5, 5.41) is 11.8. The molecule has 0 radical (unpaired) electrons. The van der Waals surface area contributed by atoms with Crippen LogP contribution in [0.2, 0.25) is 0 Å². The Morgan fingerprint density at radius 3 is 2.76 bits per heavy atom. The van der Waals surface area contributed by atoms with Crippen LogP contribution in [0, 0.1) is 5.82 Å². The number of hydrogen-bond acceptors (Lipinski definition) is 4. The van der Waals surface area contributed by atoms with Crippen LogP contribution in [-0.4, -0.2) is 22.6 Å². The third kappa shape index (κ3) is 4.65. The number of rotatable bonds is 7. The van der Waals surface area contributed by atoms with Gasteiger partial charge in [0.25, 0.3) is 0 Å². The van der Waals surface area contributed by atoms with E-state index in [9.17, 15) is 9.18 Å². The molecule has 2 N–H and O–H groups in total. The minimum Gasteiger partial charge on any atom is -0.481 e. The lowest BCUT2D eigenvalue weighted by atomic mass is 9.83. The Hall–Kier alpha value is -2.73. The molecular weight excluding hydrogens is 371 g/mol. The summed E-state index contributed by atoms with van der Waals surface area (Å²) < 4.78 is 20.6. The van der Waals surface area contributed by atoms with Crippen molar-refractivity contribution in [3.8, 4) is 11.5 Å². The molecule has 0 unspecified atom stereocenters. The second kappa shape index (κ2) is 8.74. The molecule has 152 valence electrons. The zero-order valence-electron chi connectivity index (χ0n) is 16.3. The minimum absolute atomic E-state index is 0.0805. The van der Waals surface area contributed by atoms with Gasteiger partial charge < -0.3 is 14.8 Å². The van der Waals surface area contributed by atoms with Gasteiger partial charge in [-0.25, -0.2) is 9.37 Å². The molecular formula is C23H25FN2O3. The van der Waals surface area contributed by atoms with Crippen LogP contribution in [-0.2, 0) is 11.3 Å². The lowest BCUT2D eigenvalue weighted by Gasteiger charge is -2.22. The van der Waals surface area contributed by atoms with E-state index in [1.807, 2.05) is 30.3 Å². The van der Waals surface area contributed by atoms with Crippen LogP contribution < -0.4 is 5.32 Å².